The highest BCUT2D eigenvalue weighted by Crippen LogP contribution is 2.16. The van der Waals surface area contributed by atoms with Gasteiger partial charge in [-0.1, -0.05) is 23.2 Å². The Hall–Kier alpha value is -1.33. The highest BCUT2D eigenvalue weighted by Gasteiger charge is 2.12. The number of nitrogens with zero attached hydrogens (tertiary/aromatic N) is 1. The Morgan fingerprint density at radius 3 is 2.58 bits per heavy atom. The van der Waals surface area contributed by atoms with Crippen molar-refractivity contribution in [2.45, 2.75) is 26.3 Å². The van der Waals surface area contributed by atoms with Crippen LogP contribution in [0.4, 0.5) is 0 Å². The predicted molar refractivity (Wildman–Crippen MR) is 74.5 cm³/mol. The zero-order valence-corrected chi connectivity index (χ0v) is 12.2. The third-order valence-electron chi connectivity index (χ3n) is 2.15. The van der Waals surface area contributed by atoms with Crippen molar-refractivity contribution in [3.63, 3.8) is 0 Å². The Labute approximate surface area is 121 Å². The average Bonchev–Trinajstić information content (AvgIpc) is 2.27. The number of halogens is 2. The molecule has 0 unspecified atom stereocenters. The van der Waals surface area contributed by atoms with E-state index >= 15 is 0 Å². The van der Waals surface area contributed by atoms with Gasteiger partial charge in [0.1, 0.15) is 10.3 Å². The quantitative estimate of drug-likeness (QED) is 0.818. The molecule has 7 heteroatoms. The number of hydrogen-bond donors (Lipinski definition) is 2. The Kier molecular flexibility index (Phi) is 6.05. The van der Waals surface area contributed by atoms with Crippen molar-refractivity contribution in [1.82, 2.24) is 15.6 Å². The van der Waals surface area contributed by atoms with E-state index in [0.29, 0.717) is 0 Å². The van der Waals surface area contributed by atoms with Crippen molar-refractivity contribution in [2.75, 3.05) is 6.54 Å². The molecule has 0 aliphatic heterocycles. The van der Waals surface area contributed by atoms with E-state index in [9.17, 15) is 9.59 Å². The second-order valence-electron chi connectivity index (χ2n) is 4.20. The Morgan fingerprint density at radius 1 is 1.32 bits per heavy atom. The highest BCUT2D eigenvalue weighted by molar-refractivity contribution is 6.34. The van der Waals surface area contributed by atoms with Gasteiger partial charge < -0.3 is 10.6 Å². The van der Waals surface area contributed by atoms with E-state index in [0.717, 1.165) is 0 Å². The summed E-state index contributed by atoms with van der Waals surface area (Å²) in [6, 6.07) is 3.05. The molecule has 0 radical (unpaired) electrons. The number of carbonyl (C=O) groups is 2. The van der Waals surface area contributed by atoms with Crippen molar-refractivity contribution in [3.05, 3.63) is 28.0 Å². The van der Waals surface area contributed by atoms with Crippen molar-refractivity contribution in [3.8, 4) is 0 Å². The molecule has 0 aliphatic rings. The third kappa shape index (κ3) is 5.44. The summed E-state index contributed by atoms with van der Waals surface area (Å²) in [4.78, 5) is 26.9. The number of rotatable bonds is 5. The molecule has 0 aliphatic carbocycles. The molecule has 0 atom stereocenters. The van der Waals surface area contributed by atoms with E-state index in [1.807, 2.05) is 13.8 Å². The SMILES string of the molecule is CC(C)NC(=O)CCNC(=O)c1ccc(Cl)nc1Cl. The van der Waals surface area contributed by atoms with E-state index in [1.54, 1.807) is 0 Å². The zero-order chi connectivity index (χ0) is 14.4. The summed E-state index contributed by atoms with van der Waals surface area (Å²) in [5.41, 5.74) is 0.232. The second-order valence-corrected chi connectivity index (χ2v) is 4.95. The maximum atomic E-state index is 11.8. The summed E-state index contributed by atoms with van der Waals surface area (Å²) in [7, 11) is 0. The van der Waals surface area contributed by atoms with Crippen LogP contribution in [-0.2, 0) is 4.79 Å². The topological polar surface area (TPSA) is 71.1 Å². The van der Waals surface area contributed by atoms with Gasteiger partial charge >= 0.3 is 0 Å². The minimum absolute atomic E-state index is 0.0385. The first-order chi connectivity index (χ1) is 8.90. The molecule has 2 N–H and O–H groups in total. The summed E-state index contributed by atoms with van der Waals surface area (Å²) in [6.45, 7) is 3.97. The molecule has 104 valence electrons. The molecule has 1 heterocycles. The molecular formula is C12H15Cl2N3O2. The van der Waals surface area contributed by atoms with Gasteiger partial charge in [-0.15, -0.1) is 0 Å². The van der Waals surface area contributed by atoms with Crippen LogP contribution >= 0.6 is 23.2 Å². The fraction of sp³-hybridized carbons (Fsp3) is 0.417. The van der Waals surface area contributed by atoms with Gasteiger partial charge in [0, 0.05) is 19.0 Å². The van der Waals surface area contributed by atoms with Gasteiger partial charge in [0.25, 0.3) is 5.91 Å². The van der Waals surface area contributed by atoms with Crippen LogP contribution in [0.15, 0.2) is 12.1 Å². The van der Waals surface area contributed by atoms with Crippen LogP contribution in [0.1, 0.15) is 30.6 Å². The van der Waals surface area contributed by atoms with Gasteiger partial charge in [0.15, 0.2) is 0 Å². The molecule has 1 aromatic rings. The fourth-order valence-electron chi connectivity index (χ4n) is 1.36. The molecule has 0 saturated carbocycles. The first-order valence-corrected chi connectivity index (χ1v) is 6.55. The lowest BCUT2D eigenvalue weighted by Crippen LogP contribution is -2.34. The summed E-state index contributed by atoms with van der Waals surface area (Å²) >= 11 is 11.4. The number of pyridine rings is 1. The van der Waals surface area contributed by atoms with Crippen molar-refractivity contribution in [2.24, 2.45) is 0 Å². The van der Waals surface area contributed by atoms with Gasteiger partial charge in [-0.25, -0.2) is 4.98 Å². The van der Waals surface area contributed by atoms with Crippen LogP contribution in [0.2, 0.25) is 10.3 Å². The van der Waals surface area contributed by atoms with Crippen LogP contribution in [0.25, 0.3) is 0 Å². The maximum absolute atomic E-state index is 11.8. The standard InChI is InChI=1S/C12H15Cl2N3O2/c1-7(2)16-10(18)5-6-15-12(19)8-3-4-9(13)17-11(8)14/h3-4,7H,5-6H2,1-2H3,(H,15,19)(H,16,18). The summed E-state index contributed by atoms with van der Waals surface area (Å²) < 4.78 is 0. The molecule has 0 bridgehead atoms. The van der Waals surface area contributed by atoms with Crippen molar-refractivity contribution >= 4 is 35.0 Å². The van der Waals surface area contributed by atoms with Crippen molar-refractivity contribution in [1.29, 1.82) is 0 Å². The number of carbonyl (C=O) groups excluding carboxylic acids is 2. The minimum atomic E-state index is -0.383. The normalized spacial score (nSPS) is 10.4. The minimum Gasteiger partial charge on any atom is -0.354 e. The fourth-order valence-corrected chi connectivity index (χ4v) is 1.79. The van der Waals surface area contributed by atoms with E-state index < -0.39 is 0 Å². The number of aromatic nitrogens is 1. The average molecular weight is 304 g/mol. The first kappa shape index (κ1) is 15.7. The van der Waals surface area contributed by atoms with Crippen LogP contribution in [0, 0.1) is 0 Å². The van der Waals surface area contributed by atoms with E-state index in [-0.39, 0.29) is 46.7 Å². The lowest BCUT2D eigenvalue weighted by molar-refractivity contribution is -0.121. The van der Waals surface area contributed by atoms with E-state index in [4.69, 9.17) is 23.2 Å². The van der Waals surface area contributed by atoms with Gasteiger partial charge in [-0.2, -0.15) is 0 Å². The van der Waals surface area contributed by atoms with Crippen LogP contribution in [0.3, 0.4) is 0 Å². The van der Waals surface area contributed by atoms with Crippen molar-refractivity contribution < 1.29 is 9.59 Å². The van der Waals surface area contributed by atoms with Gasteiger partial charge in [0.05, 0.1) is 5.56 Å². The Bertz CT molecular complexity index is 478. The number of hydrogen-bond acceptors (Lipinski definition) is 3. The van der Waals surface area contributed by atoms with Crippen LogP contribution < -0.4 is 10.6 Å². The largest absolute Gasteiger partial charge is 0.354 e. The molecule has 1 rings (SSSR count). The molecule has 5 nitrogen and oxygen atoms in total. The monoisotopic (exact) mass is 303 g/mol. The van der Waals surface area contributed by atoms with Gasteiger partial charge in [-0.3, -0.25) is 9.59 Å². The Balaban J connectivity index is 2.45. The number of amides is 2. The first-order valence-electron chi connectivity index (χ1n) is 5.79. The second kappa shape index (κ2) is 7.31. The predicted octanol–water partition coefficient (Wildman–Crippen LogP) is 2.03. The van der Waals surface area contributed by atoms with Gasteiger partial charge in [-0.05, 0) is 26.0 Å². The molecule has 0 aromatic carbocycles. The lowest BCUT2D eigenvalue weighted by Gasteiger charge is -2.09. The zero-order valence-electron chi connectivity index (χ0n) is 10.7. The molecule has 0 fully saturated rings. The lowest BCUT2D eigenvalue weighted by atomic mass is 10.2. The molecule has 19 heavy (non-hydrogen) atoms. The summed E-state index contributed by atoms with van der Waals surface area (Å²) in [5.74, 6) is -0.498. The van der Waals surface area contributed by atoms with Gasteiger partial charge in [0.2, 0.25) is 5.91 Å². The molecule has 0 spiro atoms. The third-order valence-corrected chi connectivity index (χ3v) is 2.65. The van der Waals surface area contributed by atoms with E-state index in [2.05, 4.69) is 15.6 Å². The Morgan fingerprint density at radius 2 is 2.00 bits per heavy atom. The van der Waals surface area contributed by atoms with Crippen LogP contribution in [0.5, 0.6) is 0 Å². The van der Waals surface area contributed by atoms with E-state index in [1.165, 1.54) is 12.1 Å². The highest BCUT2D eigenvalue weighted by atomic mass is 35.5. The maximum Gasteiger partial charge on any atom is 0.254 e. The number of nitrogens with one attached hydrogen (secondary N) is 2. The molecule has 2 amide bonds. The molecule has 0 saturated heterocycles. The summed E-state index contributed by atoms with van der Waals surface area (Å²) in [6.07, 6.45) is 0.211. The molecule has 1 aromatic heterocycles. The smallest absolute Gasteiger partial charge is 0.254 e. The molecular weight excluding hydrogens is 289 g/mol. The van der Waals surface area contributed by atoms with Crippen LogP contribution in [-0.4, -0.2) is 29.4 Å². The summed E-state index contributed by atoms with van der Waals surface area (Å²) in [5, 5.41) is 5.58.